The lowest BCUT2D eigenvalue weighted by atomic mass is 10.0. The van der Waals surface area contributed by atoms with Crippen molar-refractivity contribution >= 4 is 5.91 Å². The van der Waals surface area contributed by atoms with Crippen molar-refractivity contribution in [1.29, 1.82) is 0 Å². The van der Waals surface area contributed by atoms with Crippen molar-refractivity contribution in [3.63, 3.8) is 0 Å². The van der Waals surface area contributed by atoms with E-state index in [0.29, 0.717) is 32.1 Å². The van der Waals surface area contributed by atoms with E-state index >= 15 is 0 Å². The molecular formula is C15H23NO3. The van der Waals surface area contributed by atoms with E-state index in [9.17, 15) is 4.79 Å². The Hall–Kier alpha value is -1.29. The third-order valence-corrected chi connectivity index (χ3v) is 3.56. The predicted molar refractivity (Wildman–Crippen MR) is 72.6 cm³/mol. The molecule has 1 aliphatic rings. The molecule has 0 spiro atoms. The first kappa shape index (κ1) is 14.1. The van der Waals surface area contributed by atoms with E-state index in [1.54, 1.807) is 6.26 Å². The summed E-state index contributed by atoms with van der Waals surface area (Å²) in [7, 11) is 0. The molecule has 1 aliphatic carbocycles. The fourth-order valence-electron chi connectivity index (χ4n) is 2.52. The molecule has 19 heavy (non-hydrogen) atoms. The van der Waals surface area contributed by atoms with Gasteiger partial charge in [-0.2, -0.15) is 0 Å². The Kier molecular flexibility index (Phi) is 5.95. The molecule has 1 aromatic heterocycles. The summed E-state index contributed by atoms with van der Waals surface area (Å²) in [6.45, 7) is 1.84. The molecule has 0 bridgehead atoms. The van der Waals surface area contributed by atoms with E-state index in [-0.39, 0.29) is 5.91 Å². The fourth-order valence-corrected chi connectivity index (χ4v) is 2.52. The number of hydrogen-bond donors (Lipinski definition) is 1. The lowest BCUT2D eigenvalue weighted by Crippen LogP contribution is -2.26. The standard InChI is InChI=1S/C15H23NO3/c17-15(11-13-5-1-2-6-13)16-8-4-9-18-12-14-7-3-10-19-14/h3,7,10,13H,1-2,4-6,8-9,11-12H2,(H,16,17). The Morgan fingerprint density at radius 1 is 1.42 bits per heavy atom. The lowest BCUT2D eigenvalue weighted by Gasteiger charge is -2.09. The summed E-state index contributed by atoms with van der Waals surface area (Å²) in [5, 5.41) is 2.96. The molecule has 4 heteroatoms. The molecule has 0 unspecified atom stereocenters. The number of amides is 1. The summed E-state index contributed by atoms with van der Waals surface area (Å²) in [6.07, 6.45) is 8.21. The van der Waals surface area contributed by atoms with Gasteiger partial charge in [-0.1, -0.05) is 12.8 Å². The normalized spacial score (nSPS) is 15.8. The zero-order valence-corrected chi connectivity index (χ0v) is 11.4. The number of carbonyl (C=O) groups excluding carboxylic acids is 1. The summed E-state index contributed by atoms with van der Waals surface area (Å²) < 4.78 is 10.6. The molecule has 1 aromatic rings. The number of ether oxygens (including phenoxy) is 1. The van der Waals surface area contributed by atoms with Crippen LogP contribution in [0.1, 0.15) is 44.3 Å². The quantitative estimate of drug-likeness (QED) is 0.735. The van der Waals surface area contributed by atoms with Crippen LogP contribution in [-0.4, -0.2) is 19.1 Å². The molecule has 0 saturated heterocycles. The molecule has 0 aromatic carbocycles. The largest absolute Gasteiger partial charge is 0.467 e. The van der Waals surface area contributed by atoms with E-state index in [2.05, 4.69) is 5.32 Å². The van der Waals surface area contributed by atoms with Gasteiger partial charge in [0.15, 0.2) is 0 Å². The summed E-state index contributed by atoms with van der Waals surface area (Å²) >= 11 is 0. The van der Waals surface area contributed by atoms with Crippen molar-refractivity contribution in [3.8, 4) is 0 Å². The van der Waals surface area contributed by atoms with E-state index in [4.69, 9.17) is 9.15 Å². The van der Waals surface area contributed by atoms with Crippen LogP contribution in [-0.2, 0) is 16.1 Å². The van der Waals surface area contributed by atoms with Crippen LogP contribution in [0.15, 0.2) is 22.8 Å². The number of rotatable bonds is 8. The van der Waals surface area contributed by atoms with Gasteiger partial charge >= 0.3 is 0 Å². The molecule has 1 fully saturated rings. The van der Waals surface area contributed by atoms with Crippen LogP contribution in [0.3, 0.4) is 0 Å². The second kappa shape index (κ2) is 8.00. The van der Waals surface area contributed by atoms with Gasteiger partial charge < -0.3 is 14.5 Å². The number of furan rings is 1. The second-order valence-corrected chi connectivity index (χ2v) is 5.19. The highest BCUT2D eigenvalue weighted by molar-refractivity contribution is 5.76. The van der Waals surface area contributed by atoms with Crippen LogP contribution in [0.4, 0.5) is 0 Å². The van der Waals surface area contributed by atoms with Crippen molar-refractivity contribution in [1.82, 2.24) is 5.32 Å². The molecule has 0 radical (unpaired) electrons. The fraction of sp³-hybridized carbons (Fsp3) is 0.667. The topological polar surface area (TPSA) is 51.5 Å². The van der Waals surface area contributed by atoms with Gasteiger partial charge in [0.1, 0.15) is 12.4 Å². The van der Waals surface area contributed by atoms with Gasteiger partial charge in [0.05, 0.1) is 6.26 Å². The molecule has 106 valence electrons. The lowest BCUT2D eigenvalue weighted by molar-refractivity contribution is -0.122. The average Bonchev–Trinajstić information content (AvgIpc) is 3.06. The van der Waals surface area contributed by atoms with Crippen molar-refractivity contribution in [3.05, 3.63) is 24.2 Å². The number of nitrogens with one attached hydrogen (secondary N) is 1. The van der Waals surface area contributed by atoms with Crippen molar-refractivity contribution in [2.24, 2.45) is 5.92 Å². The zero-order valence-electron chi connectivity index (χ0n) is 11.4. The van der Waals surface area contributed by atoms with Gasteiger partial charge in [-0.05, 0) is 37.3 Å². The Morgan fingerprint density at radius 2 is 2.26 bits per heavy atom. The molecule has 0 aliphatic heterocycles. The maximum atomic E-state index is 11.7. The van der Waals surface area contributed by atoms with Gasteiger partial charge in [0.2, 0.25) is 5.91 Å². The Balaban J connectivity index is 1.44. The summed E-state index contributed by atoms with van der Waals surface area (Å²) in [5.74, 6) is 1.65. The highest BCUT2D eigenvalue weighted by atomic mass is 16.5. The Morgan fingerprint density at radius 3 is 3.00 bits per heavy atom. The van der Waals surface area contributed by atoms with Gasteiger partial charge in [-0.3, -0.25) is 4.79 Å². The van der Waals surface area contributed by atoms with Crippen LogP contribution < -0.4 is 5.32 Å². The molecule has 1 heterocycles. The van der Waals surface area contributed by atoms with Crippen LogP contribution in [0.25, 0.3) is 0 Å². The average molecular weight is 265 g/mol. The summed E-state index contributed by atoms with van der Waals surface area (Å²) in [6, 6.07) is 3.74. The highest BCUT2D eigenvalue weighted by Gasteiger charge is 2.17. The van der Waals surface area contributed by atoms with Gasteiger partial charge in [0, 0.05) is 19.6 Å². The summed E-state index contributed by atoms with van der Waals surface area (Å²) in [4.78, 5) is 11.7. The molecule has 1 N–H and O–H groups in total. The molecule has 1 saturated carbocycles. The minimum absolute atomic E-state index is 0.193. The third kappa shape index (κ3) is 5.47. The van der Waals surface area contributed by atoms with Crippen molar-refractivity contribution in [2.75, 3.05) is 13.2 Å². The van der Waals surface area contributed by atoms with Gasteiger partial charge in [-0.25, -0.2) is 0 Å². The Bertz CT molecular complexity index is 355. The predicted octanol–water partition coefficient (Wildman–Crippen LogP) is 2.88. The Labute approximate surface area is 114 Å². The molecule has 0 atom stereocenters. The third-order valence-electron chi connectivity index (χ3n) is 3.56. The highest BCUT2D eigenvalue weighted by Crippen LogP contribution is 2.27. The molecule has 1 amide bonds. The maximum Gasteiger partial charge on any atom is 0.220 e. The first-order valence-corrected chi connectivity index (χ1v) is 7.21. The summed E-state index contributed by atoms with van der Waals surface area (Å²) in [5.41, 5.74) is 0. The molecule has 2 rings (SSSR count). The molecule has 4 nitrogen and oxygen atoms in total. The van der Waals surface area contributed by atoms with Crippen molar-refractivity contribution in [2.45, 2.75) is 45.1 Å². The van der Waals surface area contributed by atoms with E-state index < -0.39 is 0 Å². The first-order chi connectivity index (χ1) is 9.34. The zero-order chi connectivity index (χ0) is 13.3. The minimum Gasteiger partial charge on any atom is -0.467 e. The van der Waals surface area contributed by atoms with E-state index in [0.717, 1.165) is 12.2 Å². The minimum atomic E-state index is 0.193. The number of carbonyl (C=O) groups is 1. The van der Waals surface area contributed by atoms with Crippen LogP contribution in [0, 0.1) is 5.92 Å². The van der Waals surface area contributed by atoms with Gasteiger partial charge in [-0.15, -0.1) is 0 Å². The van der Waals surface area contributed by atoms with Crippen molar-refractivity contribution < 1.29 is 13.9 Å². The monoisotopic (exact) mass is 265 g/mol. The van der Waals surface area contributed by atoms with Crippen LogP contribution >= 0.6 is 0 Å². The maximum absolute atomic E-state index is 11.7. The van der Waals surface area contributed by atoms with Crippen LogP contribution in [0.2, 0.25) is 0 Å². The van der Waals surface area contributed by atoms with Gasteiger partial charge in [0.25, 0.3) is 0 Å². The van der Waals surface area contributed by atoms with E-state index in [1.165, 1.54) is 25.7 Å². The van der Waals surface area contributed by atoms with E-state index in [1.807, 2.05) is 12.1 Å². The number of hydrogen-bond acceptors (Lipinski definition) is 3. The molecular weight excluding hydrogens is 242 g/mol. The second-order valence-electron chi connectivity index (χ2n) is 5.19. The SMILES string of the molecule is O=C(CC1CCCC1)NCCCOCc1ccco1. The van der Waals surface area contributed by atoms with Crippen LogP contribution in [0.5, 0.6) is 0 Å². The smallest absolute Gasteiger partial charge is 0.220 e. The first-order valence-electron chi connectivity index (χ1n) is 7.21.